The van der Waals surface area contributed by atoms with E-state index in [0.29, 0.717) is 0 Å². The van der Waals surface area contributed by atoms with Crippen molar-refractivity contribution in [1.29, 1.82) is 0 Å². The Morgan fingerprint density at radius 1 is 1.00 bits per heavy atom. The van der Waals surface area contributed by atoms with Crippen LogP contribution in [0.25, 0.3) is 10.9 Å². The summed E-state index contributed by atoms with van der Waals surface area (Å²) in [6, 6.07) is 10.3. The van der Waals surface area contributed by atoms with Crippen LogP contribution in [-0.4, -0.2) is 56.4 Å². The van der Waals surface area contributed by atoms with Gasteiger partial charge in [-0.05, 0) is 17.5 Å². The van der Waals surface area contributed by atoms with Gasteiger partial charge in [0.25, 0.3) is 0 Å². The molecule has 1 heterocycles. The molecule has 0 fully saturated rings. The first-order chi connectivity index (χ1) is 4.47. The van der Waals surface area contributed by atoms with Crippen LogP contribution < -0.4 is 0 Å². The van der Waals surface area contributed by atoms with Gasteiger partial charge in [-0.2, -0.15) is 0 Å². The summed E-state index contributed by atoms with van der Waals surface area (Å²) < 4.78 is 0. The molecular weight excluding hydrogens is 149 g/mol. The van der Waals surface area contributed by atoms with Crippen molar-refractivity contribution in [3.05, 3.63) is 36.5 Å². The fraction of sp³-hybridized carbons (Fsp3) is 0. The molecule has 1 aromatic heterocycles. The Hall–Kier alpha value is 0.396. The third kappa shape index (κ3) is 1.52. The van der Waals surface area contributed by atoms with Gasteiger partial charge in [0.15, 0.2) is 0 Å². The zero-order valence-electron chi connectivity index (χ0n) is 5.96. The van der Waals surface area contributed by atoms with E-state index in [0.717, 1.165) is 0 Å². The summed E-state index contributed by atoms with van der Waals surface area (Å²) >= 11 is 0. The summed E-state index contributed by atoms with van der Waals surface area (Å²) in [4.78, 5) is 3.12. The fourth-order valence-electron chi connectivity index (χ4n) is 0.995. The first-order valence-electron chi connectivity index (χ1n) is 2.99. The van der Waals surface area contributed by atoms with Crippen LogP contribution >= 0.6 is 0 Å². The summed E-state index contributed by atoms with van der Waals surface area (Å²) in [6.45, 7) is 0. The third-order valence-electron chi connectivity index (χ3n) is 1.46. The summed E-state index contributed by atoms with van der Waals surface area (Å²) in [6.07, 6.45) is 1.95. The first-order valence-corrected chi connectivity index (χ1v) is 2.99. The van der Waals surface area contributed by atoms with E-state index in [1.165, 1.54) is 10.9 Å². The Balaban J connectivity index is 0.000000500. The molecule has 1 radical (unpaired) electrons. The van der Waals surface area contributed by atoms with E-state index in [4.69, 9.17) is 0 Å². The molecule has 10 heavy (non-hydrogen) atoms. The predicted octanol–water partition coefficient (Wildman–Crippen LogP) is 1.79. The Kier molecular flexibility index (Phi) is 3.13. The molecule has 1 aromatic carbocycles. The molecule has 0 aliphatic heterocycles. The van der Waals surface area contributed by atoms with E-state index in [2.05, 4.69) is 23.2 Å². The van der Waals surface area contributed by atoms with Crippen molar-refractivity contribution in [3.8, 4) is 0 Å². The van der Waals surface area contributed by atoms with Gasteiger partial charge >= 0.3 is 0 Å². The summed E-state index contributed by atoms with van der Waals surface area (Å²) in [7, 11) is 0. The van der Waals surface area contributed by atoms with E-state index >= 15 is 0 Å². The van der Waals surface area contributed by atoms with E-state index in [1.54, 1.807) is 0 Å². The van der Waals surface area contributed by atoms with E-state index in [-0.39, 0.29) is 51.4 Å². The molecule has 0 spiro atoms. The van der Waals surface area contributed by atoms with Crippen molar-refractivity contribution in [2.24, 2.45) is 0 Å². The molecule has 0 unspecified atom stereocenters. The first kappa shape index (κ1) is 8.49. The van der Waals surface area contributed by atoms with Gasteiger partial charge < -0.3 is 4.98 Å². The number of rotatable bonds is 0. The zero-order valence-corrected chi connectivity index (χ0v) is 9.09. The molecule has 1 nitrogen and oxygen atoms in total. The van der Waals surface area contributed by atoms with Gasteiger partial charge in [0.05, 0.1) is 0 Å². The summed E-state index contributed by atoms with van der Waals surface area (Å²) in [5, 5.41) is 1.28. The molecule has 2 aromatic rings. The van der Waals surface area contributed by atoms with Crippen LogP contribution in [0, 0.1) is 0 Å². The quantitative estimate of drug-likeness (QED) is 0.560. The van der Waals surface area contributed by atoms with Gasteiger partial charge in [0, 0.05) is 63.1 Å². The maximum absolute atomic E-state index is 3.12. The molecule has 2 heteroatoms. The second kappa shape index (κ2) is 3.69. The largest absolute Gasteiger partial charge is 0.361 e. The number of hydrogen-bond donors (Lipinski definition) is 1. The van der Waals surface area contributed by atoms with Gasteiger partial charge in [-0.3, -0.25) is 0 Å². The number of nitrogens with one attached hydrogen (secondary N) is 1. The van der Waals surface area contributed by atoms with Gasteiger partial charge in [0.2, 0.25) is 0 Å². The molecule has 0 aliphatic carbocycles. The van der Waals surface area contributed by atoms with E-state index in [9.17, 15) is 0 Å². The maximum atomic E-state index is 3.12. The molecule has 2 rings (SSSR count). The number of H-pyrrole nitrogens is 1. The SMILES string of the molecule is [K].c1ccc2[nH]ccc2c1. The van der Waals surface area contributed by atoms with E-state index < -0.39 is 0 Å². The average molecular weight is 156 g/mol. The summed E-state index contributed by atoms with van der Waals surface area (Å²) in [5.41, 5.74) is 1.21. The van der Waals surface area contributed by atoms with Crippen LogP contribution in [0.5, 0.6) is 0 Å². The molecule has 0 bridgehead atoms. The molecule has 0 saturated heterocycles. The van der Waals surface area contributed by atoms with Crippen LogP contribution in [0.1, 0.15) is 0 Å². The van der Waals surface area contributed by atoms with Crippen molar-refractivity contribution in [3.63, 3.8) is 0 Å². The minimum atomic E-state index is 0. The van der Waals surface area contributed by atoms with Gasteiger partial charge in [-0.25, -0.2) is 0 Å². The van der Waals surface area contributed by atoms with Crippen LogP contribution in [0.15, 0.2) is 36.5 Å². The maximum Gasteiger partial charge on any atom is 0.0453 e. The number of benzene rings is 1. The number of aromatic nitrogens is 1. The van der Waals surface area contributed by atoms with Crippen LogP contribution in [-0.2, 0) is 0 Å². The Morgan fingerprint density at radius 2 is 1.80 bits per heavy atom. The normalized spacial score (nSPS) is 9.20. The Labute approximate surface area is 102 Å². The second-order valence-corrected chi connectivity index (χ2v) is 2.06. The topological polar surface area (TPSA) is 15.8 Å². The molecule has 0 saturated carbocycles. The number of hydrogen-bond acceptors (Lipinski definition) is 0. The fourth-order valence-corrected chi connectivity index (χ4v) is 0.995. The van der Waals surface area contributed by atoms with Crippen molar-refractivity contribution < 1.29 is 0 Å². The van der Waals surface area contributed by atoms with Crippen LogP contribution in [0.4, 0.5) is 0 Å². The summed E-state index contributed by atoms with van der Waals surface area (Å²) in [5.74, 6) is 0. The van der Waals surface area contributed by atoms with Crippen LogP contribution in [0.2, 0.25) is 0 Å². The Bertz CT molecular complexity index is 283. The van der Waals surface area contributed by atoms with Crippen molar-refractivity contribution >= 4 is 62.3 Å². The molecular formula is C8H7KN. The van der Waals surface area contributed by atoms with Crippen molar-refractivity contribution in [2.45, 2.75) is 0 Å². The van der Waals surface area contributed by atoms with Gasteiger partial charge in [-0.1, -0.05) is 18.2 Å². The molecule has 1 N–H and O–H groups in total. The third-order valence-corrected chi connectivity index (χ3v) is 1.46. The predicted molar refractivity (Wildman–Crippen MR) is 44.1 cm³/mol. The molecule has 0 amide bonds. The minimum absolute atomic E-state index is 0. The smallest absolute Gasteiger partial charge is 0.0453 e. The van der Waals surface area contributed by atoms with Crippen molar-refractivity contribution in [1.82, 2.24) is 4.98 Å². The van der Waals surface area contributed by atoms with Crippen molar-refractivity contribution in [2.75, 3.05) is 0 Å². The zero-order chi connectivity index (χ0) is 6.10. The minimum Gasteiger partial charge on any atom is -0.361 e. The second-order valence-electron chi connectivity index (χ2n) is 2.06. The number of para-hydroxylation sites is 1. The molecule has 0 atom stereocenters. The average Bonchev–Trinajstić information content (AvgIpc) is 2.33. The molecule has 0 aliphatic rings. The Morgan fingerprint density at radius 3 is 2.60 bits per heavy atom. The van der Waals surface area contributed by atoms with Gasteiger partial charge in [0.1, 0.15) is 0 Å². The van der Waals surface area contributed by atoms with E-state index in [1.807, 2.05) is 18.3 Å². The number of aromatic amines is 1. The molecule has 45 valence electrons. The van der Waals surface area contributed by atoms with Gasteiger partial charge in [-0.15, -0.1) is 0 Å². The standard InChI is InChI=1S/C8H7N.K/c1-2-4-8-7(3-1)5-6-9-8;/h1-6,9H;. The monoisotopic (exact) mass is 156 g/mol. The van der Waals surface area contributed by atoms with Crippen LogP contribution in [0.3, 0.4) is 0 Å². The number of fused-ring (bicyclic) bond motifs is 1.